The van der Waals surface area contributed by atoms with Gasteiger partial charge in [-0.25, -0.2) is 9.59 Å². The van der Waals surface area contributed by atoms with Gasteiger partial charge in [-0.3, -0.25) is 29.3 Å². The van der Waals surface area contributed by atoms with Gasteiger partial charge >= 0.3 is 18.1 Å². The van der Waals surface area contributed by atoms with E-state index in [1.54, 1.807) is 13.8 Å². The molecule has 0 spiro atoms. The van der Waals surface area contributed by atoms with Gasteiger partial charge in [-0.15, -0.1) is 0 Å². The van der Waals surface area contributed by atoms with Gasteiger partial charge in [0, 0.05) is 18.7 Å². The number of aliphatic carboxylic acids is 1. The van der Waals surface area contributed by atoms with Crippen LogP contribution in [0.25, 0.3) is 0 Å². The topological polar surface area (TPSA) is 240 Å². The lowest BCUT2D eigenvalue weighted by molar-refractivity contribution is -0.384. The molecule has 0 aromatic heterocycles. The lowest BCUT2D eigenvalue weighted by atomic mass is 10.0. The number of carbonyl (C=O) groups excluding carboxylic acids is 5. The zero-order valence-corrected chi connectivity index (χ0v) is 25.5. The summed E-state index contributed by atoms with van der Waals surface area (Å²) < 4.78 is 36.8. The van der Waals surface area contributed by atoms with E-state index in [4.69, 9.17) is 20.4 Å². The van der Waals surface area contributed by atoms with E-state index in [0.29, 0.717) is 19.4 Å². The fourth-order valence-electron chi connectivity index (χ4n) is 3.90. The molecule has 1 saturated heterocycles. The minimum absolute atomic E-state index is 0.0676. The number of nitro groups is 1. The molecule has 0 aliphatic carbocycles. The third kappa shape index (κ3) is 12.7. The second kappa shape index (κ2) is 17.6. The Labute approximate surface area is 261 Å². The van der Waals surface area contributed by atoms with Gasteiger partial charge in [0.2, 0.25) is 23.6 Å². The number of nitrogens with two attached hydrogens (primary N) is 1. The molecular weight excluding hydrogens is 625 g/mol. The molecule has 4 amide bonds. The van der Waals surface area contributed by atoms with Gasteiger partial charge in [-0.2, -0.15) is 13.2 Å². The third-order valence-electron chi connectivity index (χ3n) is 6.46. The second-order valence-electron chi connectivity index (χ2n) is 10.7. The molecular formula is C27H37F3N6O10. The van der Waals surface area contributed by atoms with Crippen molar-refractivity contribution in [3.8, 4) is 5.75 Å². The number of nitrogens with one attached hydrogen (secondary N) is 3. The van der Waals surface area contributed by atoms with Gasteiger partial charge in [0.05, 0.1) is 17.5 Å². The Bertz CT molecular complexity index is 1270. The Hall–Kier alpha value is -4.81. The molecule has 3 atom stereocenters. The van der Waals surface area contributed by atoms with Crippen LogP contribution in [0.5, 0.6) is 5.75 Å². The Morgan fingerprint density at radius 3 is 2.09 bits per heavy atom. The van der Waals surface area contributed by atoms with Crippen molar-refractivity contribution in [3.63, 3.8) is 0 Å². The standard InChI is InChI=1S/C25H36N6O8.C2HF3O2/c1-14(2)21(26)25(36)30-11-5-6-18(30)23(34)27-12-19(32)29-22(15(3)4)24(35)28-13-20(33)39-17-9-7-16(8-10-17)31(37)38;3-2(4,5)1(6)7/h7-10,14-15,18,21-22H,5-6,11-13,26H2,1-4H3,(H,27,34)(H,28,35)(H,29,32);(H,6,7)/t18-,21-,22-;/m0./s1. The number of alkyl halides is 3. The van der Waals surface area contributed by atoms with Crippen molar-refractivity contribution >= 4 is 41.3 Å². The van der Waals surface area contributed by atoms with Gasteiger partial charge in [0.25, 0.3) is 5.69 Å². The average Bonchev–Trinajstić information content (AvgIpc) is 3.46. The number of non-ortho nitro benzene ring substituents is 1. The highest BCUT2D eigenvalue weighted by molar-refractivity contribution is 5.94. The number of hydrogen-bond donors (Lipinski definition) is 5. The maximum absolute atomic E-state index is 12.7. The summed E-state index contributed by atoms with van der Waals surface area (Å²) in [6.45, 7) is 6.52. The number of ether oxygens (including phenoxy) is 1. The molecule has 0 saturated carbocycles. The molecule has 46 heavy (non-hydrogen) atoms. The highest BCUT2D eigenvalue weighted by Crippen LogP contribution is 2.20. The molecule has 19 heteroatoms. The monoisotopic (exact) mass is 662 g/mol. The molecule has 16 nitrogen and oxygen atoms in total. The molecule has 6 N–H and O–H groups in total. The van der Waals surface area contributed by atoms with Crippen molar-refractivity contribution in [1.82, 2.24) is 20.9 Å². The zero-order chi connectivity index (χ0) is 35.4. The molecule has 1 fully saturated rings. The molecule has 2 rings (SSSR count). The summed E-state index contributed by atoms with van der Waals surface area (Å²) in [5.74, 6) is -5.99. The Morgan fingerprint density at radius 1 is 1.04 bits per heavy atom. The van der Waals surface area contributed by atoms with E-state index in [2.05, 4.69) is 16.0 Å². The van der Waals surface area contributed by atoms with Gasteiger partial charge in [0.15, 0.2) is 0 Å². The summed E-state index contributed by atoms with van der Waals surface area (Å²) in [5, 5.41) is 25.3. The lowest BCUT2D eigenvalue weighted by Gasteiger charge is -2.28. The first kappa shape index (κ1) is 39.2. The SMILES string of the molecule is CC(C)[C@H](N)C(=O)N1CCC[C@H]1C(=O)NCC(=O)N[C@H](C(=O)NCC(=O)Oc1ccc([N+](=O)[O-])cc1)C(C)C.O=C(O)C(F)(F)F. The van der Waals surface area contributed by atoms with E-state index < -0.39 is 72.0 Å². The van der Waals surface area contributed by atoms with Gasteiger partial charge < -0.3 is 36.4 Å². The normalized spacial score (nSPS) is 15.6. The summed E-state index contributed by atoms with van der Waals surface area (Å²) in [7, 11) is 0. The number of amides is 4. The van der Waals surface area contributed by atoms with Crippen molar-refractivity contribution in [3.05, 3.63) is 34.4 Å². The minimum atomic E-state index is -5.08. The van der Waals surface area contributed by atoms with E-state index in [9.17, 15) is 47.3 Å². The van der Waals surface area contributed by atoms with Gasteiger partial charge in [0.1, 0.15) is 24.4 Å². The Morgan fingerprint density at radius 2 is 1.61 bits per heavy atom. The second-order valence-corrected chi connectivity index (χ2v) is 10.7. The van der Waals surface area contributed by atoms with Crippen LogP contribution in [-0.2, 0) is 28.8 Å². The smallest absolute Gasteiger partial charge is 0.475 e. The van der Waals surface area contributed by atoms with Crippen molar-refractivity contribution in [2.45, 2.75) is 64.8 Å². The number of esters is 1. The summed E-state index contributed by atoms with van der Waals surface area (Å²) in [4.78, 5) is 83.0. The number of carboxylic acid groups (broad SMARTS) is 1. The number of nitrogens with zero attached hydrogens (tertiary/aromatic N) is 2. The molecule has 1 aliphatic heterocycles. The number of benzene rings is 1. The van der Waals surface area contributed by atoms with Gasteiger partial charge in [-0.05, 0) is 36.8 Å². The van der Waals surface area contributed by atoms with Crippen molar-refractivity contribution in [2.24, 2.45) is 17.6 Å². The molecule has 1 aromatic rings. The number of nitro benzene ring substituents is 1. The number of carboxylic acids is 1. The Balaban J connectivity index is 0.00000135. The highest BCUT2D eigenvalue weighted by atomic mass is 19.4. The maximum Gasteiger partial charge on any atom is 0.490 e. The van der Waals surface area contributed by atoms with Crippen LogP contribution >= 0.6 is 0 Å². The largest absolute Gasteiger partial charge is 0.490 e. The highest BCUT2D eigenvalue weighted by Gasteiger charge is 2.38. The fraction of sp³-hybridized carbons (Fsp3) is 0.556. The molecule has 0 unspecified atom stereocenters. The maximum atomic E-state index is 12.7. The first-order chi connectivity index (χ1) is 21.3. The van der Waals surface area contributed by atoms with E-state index in [1.165, 1.54) is 29.2 Å². The van der Waals surface area contributed by atoms with Crippen molar-refractivity contribution < 1.29 is 56.7 Å². The first-order valence-corrected chi connectivity index (χ1v) is 13.9. The molecule has 1 aromatic carbocycles. The van der Waals surface area contributed by atoms with Crippen LogP contribution in [0.1, 0.15) is 40.5 Å². The average molecular weight is 663 g/mol. The van der Waals surface area contributed by atoms with Gasteiger partial charge in [-0.1, -0.05) is 27.7 Å². The van der Waals surface area contributed by atoms with Crippen LogP contribution in [-0.4, -0.2) is 94.4 Å². The zero-order valence-electron chi connectivity index (χ0n) is 25.5. The quantitative estimate of drug-likeness (QED) is 0.0892. The summed E-state index contributed by atoms with van der Waals surface area (Å²) in [6, 6.07) is 2.40. The predicted octanol–water partition coefficient (Wildman–Crippen LogP) is 0.481. The minimum Gasteiger partial charge on any atom is -0.475 e. The predicted molar refractivity (Wildman–Crippen MR) is 153 cm³/mol. The Kier molecular flexibility index (Phi) is 15.0. The fourth-order valence-corrected chi connectivity index (χ4v) is 3.90. The molecule has 1 heterocycles. The first-order valence-electron chi connectivity index (χ1n) is 13.9. The summed E-state index contributed by atoms with van der Waals surface area (Å²) in [5.41, 5.74) is 5.79. The van der Waals surface area contributed by atoms with Crippen LogP contribution in [0.3, 0.4) is 0 Å². The van der Waals surface area contributed by atoms with E-state index in [0.717, 1.165) is 0 Å². The summed E-state index contributed by atoms with van der Waals surface area (Å²) >= 11 is 0. The van der Waals surface area contributed by atoms with Crippen LogP contribution in [0, 0.1) is 22.0 Å². The van der Waals surface area contributed by atoms with E-state index >= 15 is 0 Å². The lowest BCUT2D eigenvalue weighted by Crippen LogP contribution is -2.55. The van der Waals surface area contributed by atoms with E-state index in [-0.39, 0.29) is 29.2 Å². The van der Waals surface area contributed by atoms with E-state index in [1.807, 2.05) is 13.8 Å². The third-order valence-corrected chi connectivity index (χ3v) is 6.46. The van der Waals surface area contributed by atoms with Crippen LogP contribution < -0.4 is 26.4 Å². The molecule has 256 valence electrons. The molecule has 1 aliphatic rings. The number of halogens is 3. The van der Waals surface area contributed by atoms with Crippen LogP contribution in [0.4, 0.5) is 18.9 Å². The van der Waals surface area contributed by atoms with Crippen LogP contribution in [0.2, 0.25) is 0 Å². The number of carbonyl (C=O) groups is 6. The number of rotatable bonds is 12. The number of hydrogen-bond acceptors (Lipinski definition) is 10. The molecule has 0 bridgehead atoms. The number of likely N-dealkylation sites (tertiary alicyclic amines) is 1. The molecule has 0 radical (unpaired) electrons. The summed E-state index contributed by atoms with van der Waals surface area (Å²) in [6.07, 6.45) is -3.99. The van der Waals surface area contributed by atoms with Crippen molar-refractivity contribution in [2.75, 3.05) is 19.6 Å². The van der Waals surface area contributed by atoms with Crippen molar-refractivity contribution in [1.29, 1.82) is 0 Å². The van der Waals surface area contributed by atoms with Crippen LogP contribution in [0.15, 0.2) is 24.3 Å².